The zero-order chi connectivity index (χ0) is 22.7. The number of benzene rings is 1. The summed E-state index contributed by atoms with van der Waals surface area (Å²) in [4.78, 5) is 21.1. The summed E-state index contributed by atoms with van der Waals surface area (Å²) in [6.07, 6.45) is 5.90. The molecule has 1 aliphatic heterocycles. The third-order valence-electron chi connectivity index (χ3n) is 7.75. The van der Waals surface area contributed by atoms with E-state index in [0.29, 0.717) is 23.4 Å². The van der Waals surface area contributed by atoms with Gasteiger partial charge in [0.1, 0.15) is 15.5 Å². The predicted molar refractivity (Wildman–Crippen MR) is 131 cm³/mol. The highest BCUT2D eigenvalue weighted by Crippen LogP contribution is 2.40. The molecule has 2 aromatic heterocycles. The van der Waals surface area contributed by atoms with E-state index < -0.39 is 0 Å². The van der Waals surface area contributed by atoms with Gasteiger partial charge in [-0.3, -0.25) is 4.79 Å². The number of aryl methyl sites for hydroxylation is 1. The number of thiophene rings is 1. The third kappa shape index (κ3) is 3.66. The van der Waals surface area contributed by atoms with Gasteiger partial charge in [0.2, 0.25) is 0 Å². The van der Waals surface area contributed by atoms with E-state index in [2.05, 4.69) is 21.3 Å². The summed E-state index contributed by atoms with van der Waals surface area (Å²) in [6.45, 7) is 3.89. The van der Waals surface area contributed by atoms with Crippen molar-refractivity contribution in [1.29, 1.82) is 0 Å². The lowest BCUT2D eigenvalue weighted by Crippen LogP contribution is -2.40. The number of hydrogen-bond donors (Lipinski definition) is 2. The van der Waals surface area contributed by atoms with E-state index in [1.807, 2.05) is 25.1 Å². The molecule has 5 nitrogen and oxygen atoms in total. The fourth-order valence-electron chi connectivity index (χ4n) is 6.08. The number of amides is 1. The van der Waals surface area contributed by atoms with Crippen LogP contribution in [0.3, 0.4) is 0 Å². The Kier molecular flexibility index (Phi) is 5.05. The highest BCUT2D eigenvalue weighted by molar-refractivity contribution is 7.21. The average molecular weight is 465 g/mol. The highest BCUT2D eigenvalue weighted by Gasteiger charge is 2.35. The molecule has 1 saturated heterocycles. The maximum atomic E-state index is 15.5. The number of carbonyl (C=O) groups is 1. The zero-order valence-electron chi connectivity index (χ0n) is 18.9. The van der Waals surface area contributed by atoms with Gasteiger partial charge >= 0.3 is 0 Å². The van der Waals surface area contributed by atoms with E-state index >= 15 is 4.39 Å². The van der Waals surface area contributed by atoms with Gasteiger partial charge in [-0.25, -0.2) is 9.37 Å². The SMILES string of the molecule is Cc1ccc2c(N)c(C(=O)N[C@H]3CCc4c(ccc(N5CC6CCC(C6)C5)c4F)C3)sc2n1. The van der Waals surface area contributed by atoms with Crippen molar-refractivity contribution in [1.82, 2.24) is 10.3 Å². The van der Waals surface area contributed by atoms with E-state index in [4.69, 9.17) is 5.73 Å². The number of carbonyl (C=O) groups excluding carboxylic acids is 1. The predicted octanol–water partition coefficient (Wildman–Crippen LogP) is 4.85. The number of anilines is 2. The van der Waals surface area contributed by atoms with Crippen molar-refractivity contribution in [2.75, 3.05) is 23.7 Å². The van der Waals surface area contributed by atoms with Gasteiger partial charge in [0.15, 0.2) is 0 Å². The molecule has 3 atom stereocenters. The quantitative estimate of drug-likeness (QED) is 0.581. The van der Waals surface area contributed by atoms with Crippen LogP contribution in [0.25, 0.3) is 10.2 Å². The van der Waals surface area contributed by atoms with Crippen molar-refractivity contribution in [2.45, 2.75) is 51.5 Å². The van der Waals surface area contributed by atoms with Gasteiger partial charge in [-0.1, -0.05) is 6.07 Å². The fourth-order valence-corrected chi connectivity index (χ4v) is 7.12. The molecule has 33 heavy (non-hydrogen) atoms. The van der Waals surface area contributed by atoms with Crippen LogP contribution in [0.1, 0.15) is 52.2 Å². The minimum atomic E-state index is -0.164. The van der Waals surface area contributed by atoms with Crippen LogP contribution in [0.2, 0.25) is 0 Å². The number of piperidine rings is 1. The number of nitrogens with two attached hydrogens (primary N) is 1. The summed E-state index contributed by atoms with van der Waals surface area (Å²) in [7, 11) is 0. The minimum absolute atomic E-state index is 0.0274. The number of fused-ring (bicyclic) bond motifs is 4. The third-order valence-corrected chi connectivity index (χ3v) is 8.87. The number of pyridine rings is 1. The largest absolute Gasteiger partial charge is 0.397 e. The van der Waals surface area contributed by atoms with Gasteiger partial charge < -0.3 is 16.0 Å². The smallest absolute Gasteiger partial charge is 0.263 e. The molecule has 0 spiro atoms. The maximum absolute atomic E-state index is 15.5. The van der Waals surface area contributed by atoms with E-state index in [1.54, 1.807) is 0 Å². The molecule has 2 bridgehead atoms. The van der Waals surface area contributed by atoms with Crippen molar-refractivity contribution >= 4 is 38.8 Å². The van der Waals surface area contributed by atoms with Gasteiger partial charge in [-0.15, -0.1) is 11.3 Å². The van der Waals surface area contributed by atoms with Crippen LogP contribution in [0.15, 0.2) is 24.3 Å². The summed E-state index contributed by atoms with van der Waals surface area (Å²) < 4.78 is 15.5. The van der Waals surface area contributed by atoms with Crippen LogP contribution in [0, 0.1) is 24.6 Å². The number of hydrogen-bond acceptors (Lipinski definition) is 5. The van der Waals surface area contributed by atoms with E-state index in [1.165, 1.54) is 30.6 Å². The van der Waals surface area contributed by atoms with Crippen molar-refractivity contribution < 1.29 is 9.18 Å². The van der Waals surface area contributed by atoms with Gasteiger partial charge in [0, 0.05) is 30.2 Å². The standard InChI is InChI=1S/C26H29FN4OS/c1-14-2-7-20-23(28)24(33-26(20)29-14)25(32)30-18-6-8-19-17(11-18)5-9-21(22(19)27)31-12-15-3-4-16(10-15)13-31/h2,5,7,9,15-16,18H,3-4,6,8,10-13,28H2,1H3,(H,30,32)/t15?,16?,18-/m0/s1. The summed E-state index contributed by atoms with van der Waals surface area (Å²) in [5.74, 6) is 1.23. The Labute approximate surface area is 197 Å². The van der Waals surface area contributed by atoms with Gasteiger partial charge in [-0.05, 0) is 86.6 Å². The molecular weight excluding hydrogens is 435 g/mol. The first-order chi connectivity index (χ1) is 16.0. The van der Waals surface area contributed by atoms with E-state index in [0.717, 1.165) is 64.1 Å². The summed E-state index contributed by atoms with van der Waals surface area (Å²) in [6, 6.07) is 7.83. The van der Waals surface area contributed by atoms with Crippen molar-refractivity contribution in [2.24, 2.45) is 11.8 Å². The molecule has 7 heteroatoms. The lowest BCUT2D eigenvalue weighted by Gasteiger charge is -2.35. The Balaban J connectivity index is 1.18. The van der Waals surface area contributed by atoms with Crippen LogP contribution in [0.4, 0.5) is 15.8 Å². The number of nitrogens with zero attached hydrogens (tertiary/aromatic N) is 2. The van der Waals surface area contributed by atoms with E-state index in [9.17, 15) is 4.79 Å². The Hall–Kier alpha value is -2.67. The van der Waals surface area contributed by atoms with Gasteiger partial charge in [0.05, 0.1) is 11.4 Å². The van der Waals surface area contributed by atoms with Crippen molar-refractivity contribution in [3.8, 4) is 0 Å². The first kappa shape index (κ1) is 20.9. The molecule has 1 aromatic carbocycles. The van der Waals surface area contributed by atoms with Gasteiger partial charge in [-0.2, -0.15) is 0 Å². The zero-order valence-corrected chi connectivity index (χ0v) is 19.7. The summed E-state index contributed by atoms with van der Waals surface area (Å²) in [5, 5.41) is 3.97. The second-order valence-corrected chi connectivity index (χ2v) is 11.0. The van der Waals surface area contributed by atoms with Crippen LogP contribution in [-0.2, 0) is 12.8 Å². The molecule has 1 saturated carbocycles. The lowest BCUT2D eigenvalue weighted by molar-refractivity contribution is 0.0938. The molecule has 3 aromatic rings. The molecule has 3 aliphatic rings. The molecule has 2 fully saturated rings. The van der Waals surface area contributed by atoms with Gasteiger partial charge in [0.25, 0.3) is 5.91 Å². The Bertz CT molecular complexity index is 1240. The average Bonchev–Trinajstić information content (AvgIpc) is 3.31. The second kappa shape index (κ2) is 7.97. The second-order valence-electron chi connectivity index (χ2n) is 10.0. The molecule has 3 heterocycles. The first-order valence-electron chi connectivity index (χ1n) is 12.0. The summed E-state index contributed by atoms with van der Waals surface area (Å²) in [5.41, 5.74) is 10.3. The molecule has 0 radical (unpaired) electrons. The van der Waals surface area contributed by atoms with Crippen LogP contribution >= 0.6 is 11.3 Å². The van der Waals surface area contributed by atoms with Crippen LogP contribution < -0.4 is 16.0 Å². The topological polar surface area (TPSA) is 71.2 Å². The van der Waals surface area contributed by atoms with Crippen LogP contribution in [-0.4, -0.2) is 30.0 Å². The first-order valence-corrected chi connectivity index (χ1v) is 12.8. The molecule has 172 valence electrons. The molecule has 3 N–H and O–H groups in total. The number of halogens is 1. The monoisotopic (exact) mass is 464 g/mol. The van der Waals surface area contributed by atoms with Crippen LogP contribution in [0.5, 0.6) is 0 Å². The Morgan fingerprint density at radius 3 is 2.76 bits per heavy atom. The van der Waals surface area contributed by atoms with E-state index in [-0.39, 0.29) is 17.8 Å². The lowest BCUT2D eigenvalue weighted by atomic mass is 9.87. The molecule has 1 amide bonds. The Morgan fingerprint density at radius 1 is 1.18 bits per heavy atom. The molecule has 2 aliphatic carbocycles. The maximum Gasteiger partial charge on any atom is 0.263 e. The van der Waals surface area contributed by atoms with Crippen molar-refractivity contribution in [3.63, 3.8) is 0 Å². The molecule has 6 rings (SSSR count). The molecule has 2 unspecified atom stereocenters. The highest BCUT2D eigenvalue weighted by atomic mass is 32.1. The Morgan fingerprint density at radius 2 is 1.97 bits per heavy atom. The summed E-state index contributed by atoms with van der Waals surface area (Å²) >= 11 is 1.33. The normalized spacial score (nSPS) is 24.2. The number of aromatic nitrogens is 1. The minimum Gasteiger partial charge on any atom is -0.397 e. The number of nitrogen functional groups attached to an aromatic ring is 1. The van der Waals surface area contributed by atoms with Crippen molar-refractivity contribution in [3.05, 3.63) is 51.8 Å². The molecular formula is C26H29FN4OS. The fraction of sp³-hybridized carbons (Fsp3) is 0.462. The number of nitrogens with one attached hydrogen (secondary N) is 1. The number of rotatable bonds is 3.